The summed E-state index contributed by atoms with van der Waals surface area (Å²) in [6.07, 6.45) is 0.763. The third kappa shape index (κ3) is 3.66. The molecular formula is C18H17N3O3S. The molecule has 2 heterocycles. The number of esters is 1. The molecule has 1 unspecified atom stereocenters. The lowest BCUT2D eigenvalue weighted by molar-refractivity contribution is -0.123. The Morgan fingerprint density at radius 3 is 2.72 bits per heavy atom. The van der Waals surface area contributed by atoms with E-state index >= 15 is 0 Å². The van der Waals surface area contributed by atoms with Crippen molar-refractivity contribution in [2.45, 2.75) is 26.9 Å². The van der Waals surface area contributed by atoms with E-state index in [1.54, 1.807) is 32.2 Å². The number of nitrogens with one attached hydrogen (secondary N) is 1. The highest BCUT2D eigenvalue weighted by atomic mass is 32.1. The number of hydrogen-bond donors (Lipinski definition) is 1. The molecule has 128 valence electrons. The monoisotopic (exact) mass is 355 g/mol. The quantitative estimate of drug-likeness (QED) is 0.725. The zero-order chi connectivity index (χ0) is 18.0. The maximum atomic E-state index is 12.4. The van der Waals surface area contributed by atoms with Gasteiger partial charge in [0.2, 0.25) is 0 Å². The van der Waals surface area contributed by atoms with E-state index in [0.717, 1.165) is 15.9 Å². The lowest BCUT2D eigenvalue weighted by Gasteiger charge is -2.14. The Bertz CT molecular complexity index is 946. The lowest BCUT2D eigenvalue weighted by Crippen LogP contribution is -2.30. The molecule has 7 heteroatoms. The molecule has 1 N–H and O–H groups in total. The summed E-state index contributed by atoms with van der Waals surface area (Å²) in [4.78, 5) is 33.5. The minimum absolute atomic E-state index is 0.399. The predicted octanol–water partition coefficient (Wildman–Crippen LogP) is 3.49. The van der Waals surface area contributed by atoms with Gasteiger partial charge in [-0.15, -0.1) is 11.3 Å². The van der Waals surface area contributed by atoms with Crippen molar-refractivity contribution in [3.8, 4) is 0 Å². The second kappa shape index (κ2) is 6.98. The number of nitrogens with zero attached hydrogens (tertiary/aromatic N) is 2. The van der Waals surface area contributed by atoms with E-state index in [9.17, 15) is 9.59 Å². The van der Waals surface area contributed by atoms with Crippen molar-refractivity contribution < 1.29 is 14.3 Å². The van der Waals surface area contributed by atoms with Crippen LogP contribution in [0.25, 0.3) is 10.9 Å². The maximum absolute atomic E-state index is 12.4. The first-order valence-electron chi connectivity index (χ1n) is 7.75. The van der Waals surface area contributed by atoms with Gasteiger partial charge in [-0.25, -0.2) is 9.78 Å². The number of rotatable bonds is 4. The first-order chi connectivity index (χ1) is 12.0. The summed E-state index contributed by atoms with van der Waals surface area (Å²) in [6, 6.07) is 9.13. The molecule has 3 aromatic rings. The van der Waals surface area contributed by atoms with Gasteiger partial charge in [-0.3, -0.25) is 9.78 Å². The third-order valence-electron chi connectivity index (χ3n) is 3.65. The van der Waals surface area contributed by atoms with Crippen LogP contribution in [0, 0.1) is 13.8 Å². The fraction of sp³-hybridized carbons (Fsp3) is 0.222. The van der Waals surface area contributed by atoms with Crippen molar-refractivity contribution >= 4 is 39.8 Å². The van der Waals surface area contributed by atoms with Crippen LogP contribution in [0.5, 0.6) is 0 Å². The van der Waals surface area contributed by atoms with Gasteiger partial charge in [0.1, 0.15) is 4.88 Å². The van der Waals surface area contributed by atoms with Crippen molar-refractivity contribution in [3.05, 3.63) is 52.1 Å². The number of carbonyl (C=O) groups is 2. The van der Waals surface area contributed by atoms with Crippen molar-refractivity contribution in [3.63, 3.8) is 0 Å². The first kappa shape index (κ1) is 17.0. The number of anilines is 1. The van der Waals surface area contributed by atoms with Crippen LogP contribution >= 0.6 is 11.3 Å². The van der Waals surface area contributed by atoms with Gasteiger partial charge >= 0.3 is 5.97 Å². The van der Waals surface area contributed by atoms with E-state index in [1.807, 2.05) is 25.1 Å². The smallest absolute Gasteiger partial charge is 0.351 e. The van der Waals surface area contributed by atoms with E-state index < -0.39 is 18.0 Å². The van der Waals surface area contributed by atoms with Gasteiger partial charge in [-0.2, -0.15) is 0 Å². The Balaban J connectivity index is 1.72. The standard InChI is InChI=1S/C18H17N3O3S/c1-10-16(25-12(3)20-10)18(23)24-11(2)17(22)21-15-8-4-7-14-13(15)6-5-9-19-14/h4-9,11H,1-3H3,(H,21,22). The molecule has 6 nitrogen and oxygen atoms in total. The number of ether oxygens (including phenoxy) is 1. The zero-order valence-corrected chi connectivity index (χ0v) is 14.9. The van der Waals surface area contributed by atoms with Crippen molar-refractivity contribution in [2.24, 2.45) is 0 Å². The third-order valence-corrected chi connectivity index (χ3v) is 4.70. The highest BCUT2D eigenvalue weighted by Crippen LogP contribution is 2.22. The van der Waals surface area contributed by atoms with E-state index in [0.29, 0.717) is 16.3 Å². The van der Waals surface area contributed by atoms with Gasteiger partial charge in [0, 0.05) is 11.6 Å². The van der Waals surface area contributed by atoms with Crippen molar-refractivity contribution in [1.82, 2.24) is 9.97 Å². The highest BCUT2D eigenvalue weighted by Gasteiger charge is 2.22. The molecule has 0 radical (unpaired) electrons. The summed E-state index contributed by atoms with van der Waals surface area (Å²) in [5.41, 5.74) is 2.02. The summed E-state index contributed by atoms with van der Waals surface area (Å²) in [6.45, 7) is 5.10. The average Bonchev–Trinajstić information content (AvgIpc) is 2.93. The van der Waals surface area contributed by atoms with E-state index in [-0.39, 0.29) is 0 Å². The molecule has 1 atom stereocenters. The van der Waals surface area contributed by atoms with Crippen LogP contribution in [0.2, 0.25) is 0 Å². The number of hydrogen-bond acceptors (Lipinski definition) is 6. The van der Waals surface area contributed by atoms with Gasteiger partial charge in [-0.05, 0) is 45.0 Å². The molecule has 0 bridgehead atoms. The van der Waals surface area contributed by atoms with E-state index in [4.69, 9.17) is 4.74 Å². The topological polar surface area (TPSA) is 81.2 Å². The van der Waals surface area contributed by atoms with Crippen LogP contribution in [0.3, 0.4) is 0 Å². The second-order valence-electron chi connectivity index (χ2n) is 5.56. The van der Waals surface area contributed by atoms with E-state index in [2.05, 4.69) is 15.3 Å². The van der Waals surface area contributed by atoms with Crippen LogP contribution in [-0.4, -0.2) is 27.9 Å². The largest absolute Gasteiger partial charge is 0.448 e. The van der Waals surface area contributed by atoms with Crippen LogP contribution in [0.4, 0.5) is 5.69 Å². The molecule has 0 saturated carbocycles. The first-order valence-corrected chi connectivity index (χ1v) is 8.57. The van der Waals surface area contributed by atoms with Crippen molar-refractivity contribution in [2.75, 3.05) is 5.32 Å². The normalized spacial score (nSPS) is 12.0. The molecule has 1 aromatic carbocycles. The molecular weight excluding hydrogens is 338 g/mol. The Kier molecular flexibility index (Phi) is 4.76. The van der Waals surface area contributed by atoms with Gasteiger partial charge in [0.25, 0.3) is 5.91 Å². The molecule has 1 amide bonds. The van der Waals surface area contributed by atoms with Gasteiger partial charge < -0.3 is 10.1 Å². The number of pyridine rings is 1. The number of benzene rings is 1. The number of amides is 1. The number of aryl methyl sites for hydroxylation is 2. The van der Waals surface area contributed by atoms with Crippen LogP contribution in [0.1, 0.15) is 27.3 Å². The number of thiazole rings is 1. The van der Waals surface area contributed by atoms with Gasteiger partial charge in [0.05, 0.1) is 21.9 Å². The maximum Gasteiger partial charge on any atom is 0.351 e. The molecule has 0 aliphatic heterocycles. The minimum Gasteiger partial charge on any atom is -0.448 e. The van der Waals surface area contributed by atoms with E-state index in [1.165, 1.54) is 11.3 Å². The molecule has 3 rings (SSSR count). The average molecular weight is 355 g/mol. The Labute approximate surface area is 148 Å². The molecule has 0 aliphatic rings. The Hall–Kier alpha value is -2.80. The molecule has 0 spiro atoms. The fourth-order valence-electron chi connectivity index (χ4n) is 2.43. The van der Waals surface area contributed by atoms with Crippen molar-refractivity contribution in [1.29, 1.82) is 0 Å². The molecule has 0 aliphatic carbocycles. The van der Waals surface area contributed by atoms with Crippen LogP contribution in [-0.2, 0) is 9.53 Å². The molecule has 0 fully saturated rings. The predicted molar refractivity (Wildman–Crippen MR) is 96.8 cm³/mol. The summed E-state index contributed by atoms with van der Waals surface area (Å²) < 4.78 is 5.28. The number of fused-ring (bicyclic) bond motifs is 1. The summed E-state index contributed by atoms with van der Waals surface area (Å²) >= 11 is 1.26. The zero-order valence-electron chi connectivity index (χ0n) is 14.1. The highest BCUT2D eigenvalue weighted by molar-refractivity contribution is 7.13. The summed E-state index contributed by atoms with van der Waals surface area (Å²) in [5, 5.41) is 4.40. The van der Waals surface area contributed by atoms with Crippen LogP contribution < -0.4 is 5.32 Å². The molecule has 2 aromatic heterocycles. The second-order valence-corrected chi connectivity index (χ2v) is 6.76. The lowest BCUT2D eigenvalue weighted by atomic mass is 10.2. The fourth-order valence-corrected chi connectivity index (χ4v) is 3.24. The summed E-state index contributed by atoms with van der Waals surface area (Å²) in [5.74, 6) is -0.936. The summed E-state index contributed by atoms with van der Waals surface area (Å²) in [7, 11) is 0. The molecule has 25 heavy (non-hydrogen) atoms. The SMILES string of the molecule is Cc1nc(C)c(C(=O)OC(C)C(=O)Nc2cccc3ncccc23)s1. The number of aromatic nitrogens is 2. The van der Waals surface area contributed by atoms with Gasteiger partial charge in [-0.1, -0.05) is 6.07 Å². The molecule has 0 saturated heterocycles. The minimum atomic E-state index is -0.929. The Morgan fingerprint density at radius 2 is 2.00 bits per heavy atom. The Morgan fingerprint density at radius 1 is 1.20 bits per heavy atom. The number of carbonyl (C=O) groups excluding carboxylic acids is 2. The van der Waals surface area contributed by atoms with Crippen LogP contribution in [0.15, 0.2) is 36.5 Å². The van der Waals surface area contributed by atoms with Gasteiger partial charge in [0.15, 0.2) is 6.10 Å².